The maximum absolute atomic E-state index is 11.1. The van der Waals surface area contributed by atoms with Crippen molar-refractivity contribution in [1.82, 2.24) is 5.32 Å². The Morgan fingerprint density at radius 1 is 1.33 bits per heavy atom. The number of carboxylic acid groups (broad SMARTS) is 1. The number of hydrogen-bond acceptors (Lipinski definition) is 3. The molecule has 0 bridgehead atoms. The van der Waals surface area contributed by atoms with Gasteiger partial charge in [-0.2, -0.15) is 0 Å². The molecule has 0 aliphatic rings. The quantitative estimate of drug-likeness (QED) is 0.576. The van der Waals surface area contributed by atoms with Crippen LogP contribution in [0.2, 0.25) is 0 Å². The largest absolute Gasteiger partial charge is 0.480 e. The average molecular weight is 217 g/mol. The van der Waals surface area contributed by atoms with Crippen molar-refractivity contribution in [3.63, 3.8) is 0 Å². The molecule has 0 aliphatic heterocycles. The monoisotopic (exact) mass is 217 g/mol. The fourth-order valence-electron chi connectivity index (χ4n) is 1.19. The van der Waals surface area contributed by atoms with Crippen LogP contribution in [0.15, 0.2) is 0 Å². The zero-order valence-electron chi connectivity index (χ0n) is 10.0. The lowest BCUT2D eigenvalue weighted by Gasteiger charge is -2.26. The average Bonchev–Trinajstić information content (AvgIpc) is 2.21. The fourth-order valence-corrected chi connectivity index (χ4v) is 1.19. The second-order valence-electron chi connectivity index (χ2n) is 3.93. The molecule has 0 aromatic carbocycles. The molecule has 1 atom stereocenters. The van der Waals surface area contributed by atoms with Crippen molar-refractivity contribution in [1.29, 1.82) is 0 Å². The zero-order valence-corrected chi connectivity index (χ0v) is 10.0. The minimum atomic E-state index is -0.857. The molecule has 15 heavy (non-hydrogen) atoms. The Labute approximate surface area is 92.0 Å². The van der Waals surface area contributed by atoms with Crippen molar-refractivity contribution in [3.05, 3.63) is 0 Å². The van der Waals surface area contributed by atoms with E-state index in [4.69, 9.17) is 9.84 Å². The van der Waals surface area contributed by atoms with Crippen LogP contribution in [0.5, 0.6) is 0 Å². The molecule has 4 nitrogen and oxygen atoms in total. The normalized spacial score (nSPS) is 14.9. The third kappa shape index (κ3) is 5.74. The standard InChI is InChI=1S/C11H23NO3/c1-4-7-12-11(3,10(13)14)6-9-15-8-5-2/h12H,4-9H2,1-3H3,(H,13,14). The van der Waals surface area contributed by atoms with Gasteiger partial charge in [-0.25, -0.2) is 0 Å². The SMILES string of the molecule is CCCNC(C)(CCOCCC)C(=O)O. The van der Waals surface area contributed by atoms with E-state index in [-0.39, 0.29) is 0 Å². The Morgan fingerprint density at radius 3 is 2.47 bits per heavy atom. The number of hydrogen-bond donors (Lipinski definition) is 2. The molecule has 0 fully saturated rings. The van der Waals surface area contributed by atoms with Crippen LogP contribution in [-0.2, 0) is 9.53 Å². The van der Waals surface area contributed by atoms with Crippen LogP contribution in [-0.4, -0.2) is 36.4 Å². The van der Waals surface area contributed by atoms with Crippen LogP contribution in [0.4, 0.5) is 0 Å². The second kappa shape index (κ2) is 7.65. The van der Waals surface area contributed by atoms with E-state index in [2.05, 4.69) is 5.32 Å². The summed E-state index contributed by atoms with van der Waals surface area (Å²) in [6.07, 6.45) is 2.40. The Balaban J connectivity index is 3.96. The second-order valence-corrected chi connectivity index (χ2v) is 3.93. The van der Waals surface area contributed by atoms with Crippen molar-refractivity contribution in [2.75, 3.05) is 19.8 Å². The molecule has 1 unspecified atom stereocenters. The number of aliphatic carboxylic acids is 1. The molecule has 0 aromatic heterocycles. The van der Waals surface area contributed by atoms with E-state index in [1.165, 1.54) is 0 Å². The maximum Gasteiger partial charge on any atom is 0.323 e. The van der Waals surface area contributed by atoms with Gasteiger partial charge in [0.05, 0.1) is 0 Å². The van der Waals surface area contributed by atoms with E-state index in [0.717, 1.165) is 19.4 Å². The Morgan fingerprint density at radius 2 is 2.00 bits per heavy atom. The summed E-state index contributed by atoms with van der Waals surface area (Å²) in [7, 11) is 0. The molecule has 4 heteroatoms. The first-order chi connectivity index (χ1) is 7.06. The molecule has 0 spiro atoms. The smallest absolute Gasteiger partial charge is 0.323 e. The molecule has 0 aromatic rings. The van der Waals surface area contributed by atoms with Gasteiger partial charge in [0.1, 0.15) is 5.54 Å². The Hall–Kier alpha value is -0.610. The number of carbonyl (C=O) groups is 1. The molecular formula is C11H23NO3. The molecular weight excluding hydrogens is 194 g/mol. The van der Waals surface area contributed by atoms with Gasteiger partial charge in [0.15, 0.2) is 0 Å². The third-order valence-electron chi connectivity index (χ3n) is 2.33. The van der Waals surface area contributed by atoms with Crippen molar-refractivity contribution < 1.29 is 14.6 Å². The Kier molecular flexibility index (Phi) is 7.34. The van der Waals surface area contributed by atoms with Crippen molar-refractivity contribution in [2.24, 2.45) is 0 Å². The fraction of sp³-hybridized carbons (Fsp3) is 0.909. The first kappa shape index (κ1) is 14.4. The van der Waals surface area contributed by atoms with E-state index in [1.807, 2.05) is 13.8 Å². The van der Waals surface area contributed by atoms with Gasteiger partial charge in [0.2, 0.25) is 0 Å². The predicted molar refractivity (Wildman–Crippen MR) is 60.1 cm³/mol. The van der Waals surface area contributed by atoms with E-state index in [0.29, 0.717) is 19.6 Å². The van der Waals surface area contributed by atoms with Crippen LogP contribution in [0.1, 0.15) is 40.0 Å². The van der Waals surface area contributed by atoms with Crippen LogP contribution >= 0.6 is 0 Å². The molecule has 0 amide bonds. The number of nitrogens with one attached hydrogen (secondary N) is 1. The lowest BCUT2D eigenvalue weighted by atomic mass is 9.98. The molecule has 0 heterocycles. The van der Waals surface area contributed by atoms with E-state index >= 15 is 0 Å². The number of carboxylic acids is 1. The summed E-state index contributed by atoms with van der Waals surface area (Å²) in [5.41, 5.74) is -0.857. The summed E-state index contributed by atoms with van der Waals surface area (Å²) < 4.78 is 5.31. The summed E-state index contributed by atoms with van der Waals surface area (Å²) in [6, 6.07) is 0. The van der Waals surface area contributed by atoms with Gasteiger partial charge < -0.3 is 15.2 Å². The summed E-state index contributed by atoms with van der Waals surface area (Å²) in [5, 5.41) is 12.1. The van der Waals surface area contributed by atoms with Gasteiger partial charge in [0, 0.05) is 13.2 Å². The summed E-state index contributed by atoms with van der Waals surface area (Å²) >= 11 is 0. The minimum Gasteiger partial charge on any atom is -0.480 e. The number of ether oxygens (including phenoxy) is 1. The predicted octanol–water partition coefficient (Wildman–Crippen LogP) is 1.65. The van der Waals surface area contributed by atoms with Gasteiger partial charge in [-0.15, -0.1) is 0 Å². The molecule has 0 aliphatic carbocycles. The first-order valence-corrected chi connectivity index (χ1v) is 5.63. The van der Waals surface area contributed by atoms with Crippen LogP contribution in [0.3, 0.4) is 0 Å². The van der Waals surface area contributed by atoms with Gasteiger partial charge in [-0.3, -0.25) is 4.79 Å². The summed E-state index contributed by atoms with van der Waals surface area (Å²) in [6.45, 7) is 7.67. The third-order valence-corrected chi connectivity index (χ3v) is 2.33. The summed E-state index contributed by atoms with van der Waals surface area (Å²) in [5.74, 6) is -0.809. The van der Waals surface area contributed by atoms with E-state index in [1.54, 1.807) is 6.92 Å². The number of rotatable bonds is 9. The maximum atomic E-state index is 11.1. The molecule has 0 radical (unpaired) electrons. The lowest BCUT2D eigenvalue weighted by Crippen LogP contribution is -2.50. The van der Waals surface area contributed by atoms with Gasteiger partial charge >= 0.3 is 5.97 Å². The highest BCUT2D eigenvalue weighted by molar-refractivity contribution is 5.78. The van der Waals surface area contributed by atoms with E-state index in [9.17, 15) is 4.79 Å². The van der Waals surface area contributed by atoms with Gasteiger partial charge in [-0.1, -0.05) is 13.8 Å². The van der Waals surface area contributed by atoms with Crippen molar-refractivity contribution in [2.45, 2.75) is 45.6 Å². The van der Waals surface area contributed by atoms with Crippen LogP contribution in [0.25, 0.3) is 0 Å². The Bertz CT molecular complexity index is 185. The molecule has 0 saturated heterocycles. The first-order valence-electron chi connectivity index (χ1n) is 5.63. The molecule has 90 valence electrons. The van der Waals surface area contributed by atoms with Crippen LogP contribution in [0, 0.1) is 0 Å². The van der Waals surface area contributed by atoms with Crippen molar-refractivity contribution in [3.8, 4) is 0 Å². The lowest BCUT2D eigenvalue weighted by molar-refractivity contribution is -0.145. The minimum absolute atomic E-state index is 0.493. The molecule has 0 rings (SSSR count). The van der Waals surface area contributed by atoms with Crippen LogP contribution < -0.4 is 5.32 Å². The topological polar surface area (TPSA) is 58.6 Å². The molecule has 0 saturated carbocycles. The van der Waals surface area contributed by atoms with Gasteiger partial charge in [0.25, 0.3) is 0 Å². The van der Waals surface area contributed by atoms with Crippen molar-refractivity contribution >= 4 is 5.97 Å². The highest BCUT2D eigenvalue weighted by Gasteiger charge is 2.31. The zero-order chi connectivity index (χ0) is 11.7. The summed E-state index contributed by atoms with van der Waals surface area (Å²) in [4.78, 5) is 11.1. The highest BCUT2D eigenvalue weighted by Crippen LogP contribution is 2.10. The highest BCUT2D eigenvalue weighted by atomic mass is 16.5. The van der Waals surface area contributed by atoms with Gasteiger partial charge in [-0.05, 0) is 32.7 Å². The molecule has 2 N–H and O–H groups in total. The van der Waals surface area contributed by atoms with E-state index < -0.39 is 11.5 Å².